The third-order valence-corrected chi connectivity index (χ3v) is 6.34. The Balaban J connectivity index is 1.84. The van der Waals surface area contributed by atoms with Crippen LogP contribution in [0.15, 0.2) is 80.0 Å². The molecule has 8 nitrogen and oxygen atoms in total. The van der Waals surface area contributed by atoms with Crippen LogP contribution in [-0.2, 0) is 17.1 Å². The predicted octanol–water partition coefficient (Wildman–Crippen LogP) is 2.26. The van der Waals surface area contributed by atoms with Crippen LogP contribution in [0.4, 0.5) is 0 Å². The lowest BCUT2D eigenvalue weighted by molar-refractivity contribution is 0.104. The molecule has 0 bridgehead atoms. The predicted molar refractivity (Wildman–Crippen MR) is 104 cm³/mol. The molecule has 0 radical (unpaired) electrons. The van der Waals surface area contributed by atoms with E-state index < -0.39 is 10.0 Å². The fraction of sp³-hybridized carbons (Fsp3) is 0.0556. The standard InChI is InChI=1S/C18H13N5O3S2/c1-23-18(19-21-22-23)27-16-11-15(13-9-5-6-10-14(13)17(16)24)20-28(25,26)12-7-3-2-4-8-12/h2-11H,1H3. The molecule has 1 heterocycles. The van der Waals surface area contributed by atoms with E-state index in [-0.39, 0.29) is 16.4 Å². The van der Waals surface area contributed by atoms with Gasteiger partial charge in [0.2, 0.25) is 10.9 Å². The molecule has 1 aliphatic carbocycles. The Morgan fingerprint density at radius 2 is 1.68 bits per heavy atom. The molecule has 0 N–H and O–H groups in total. The Bertz CT molecular complexity index is 1230. The minimum atomic E-state index is -3.94. The molecule has 2 aromatic carbocycles. The first kappa shape index (κ1) is 18.3. The molecule has 0 saturated heterocycles. The summed E-state index contributed by atoms with van der Waals surface area (Å²) in [5.74, 6) is -0.236. The fourth-order valence-corrected chi connectivity index (χ4v) is 4.47. The summed E-state index contributed by atoms with van der Waals surface area (Å²) in [7, 11) is -2.28. The first-order chi connectivity index (χ1) is 13.5. The van der Waals surface area contributed by atoms with Gasteiger partial charge in [0.05, 0.1) is 15.5 Å². The van der Waals surface area contributed by atoms with Crippen LogP contribution in [0.5, 0.6) is 0 Å². The Kier molecular flexibility index (Phi) is 4.65. The number of rotatable bonds is 4. The van der Waals surface area contributed by atoms with E-state index in [1.54, 1.807) is 49.5 Å². The van der Waals surface area contributed by atoms with E-state index in [4.69, 9.17) is 0 Å². The Hall–Kier alpha value is -3.11. The van der Waals surface area contributed by atoms with Crippen molar-refractivity contribution in [2.24, 2.45) is 11.4 Å². The van der Waals surface area contributed by atoms with Gasteiger partial charge in [-0.3, -0.25) is 4.79 Å². The quantitative estimate of drug-likeness (QED) is 0.648. The molecule has 0 aliphatic heterocycles. The highest BCUT2D eigenvalue weighted by atomic mass is 32.2. The van der Waals surface area contributed by atoms with Crippen LogP contribution in [0.2, 0.25) is 0 Å². The number of allylic oxidation sites excluding steroid dienone is 2. The number of aromatic nitrogens is 4. The van der Waals surface area contributed by atoms with Crippen molar-refractivity contribution >= 4 is 33.3 Å². The lowest BCUT2D eigenvalue weighted by Gasteiger charge is -2.16. The van der Waals surface area contributed by atoms with Crippen molar-refractivity contribution in [1.29, 1.82) is 0 Å². The molecule has 1 aliphatic rings. The Morgan fingerprint density at radius 3 is 2.36 bits per heavy atom. The SMILES string of the molecule is Cn1nnnc1SC1=CC(=NS(=O)(=O)c2ccccc2)c2ccccc2C1=O. The van der Waals surface area contributed by atoms with Gasteiger partial charge in [0, 0.05) is 18.2 Å². The summed E-state index contributed by atoms with van der Waals surface area (Å²) in [6.07, 6.45) is 1.46. The number of aryl methyl sites for hydroxylation is 1. The number of Topliss-reactive ketones (excluding diaryl/α,β-unsaturated/α-hetero) is 1. The maximum absolute atomic E-state index is 12.9. The van der Waals surface area contributed by atoms with Crippen molar-refractivity contribution in [2.75, 3.05) is 0 Å². The lowest BCUT2D eigenvalue weighted by atomic mass is 9.94. The molecular formula is C18H13N5O3S2. The topological polar surface area (TPSA) is 107 Å². The molecule has 3 aromatic rings. The number of benzene rings is 2. The molecular weight excluding hydrogens is 398 g/mol. The highest BCUT2D eigenvalue weighted by Crippen LogP contribution is 2.32. The second-order valence-corrected chi connectivity index (χ2v) is 8.45. The number of carbonyl (C=O) groups excluding carboxylic acids is 1. The molecule has 0 amide bonds. The first-order valence-corrected chi connectivity index (χ1v) is 10.4. The zero-order valence-corrected chi connectivity index (χ0v) is 16.2. The molecule has 0 atom stereocenters. The zero-order chi connectivity index (χ0) is 19.7. The Labute approximate surface area is 165 Å². The highest BCUT2D eigenvalue weighted by molar-refractivity contribution is 8.04. The monoisotopic (exact) mass is 411 g/mol. The highest BCUT2D eigenvalue weighted by Gasteiger charge is 2.27. The van der Waals surface area contributed by atoms with E-state index in [0.29, 0.717) is 21.2 Å². The number of thioether (sulfide) groups is 1. The maximum atomic E-state index is 12.9. The number of hydrogen-bond donors (Lipinski definition) is 0. The van der Waals surface area contributed by atoms with Crippen LogP contribution >= 0.6 is 11.8 Å². The third-order valence-electron chi connectivity index (χ3n) is 3.98. The van der Waals surface area contributed by atoms with Crippen LogP contribution in [0.1, 0.15) is 15.9 Å². The molecule has 0 unspecified atom stereocenters. The Morgan fingerprint density at radius 1 is 1.00 bits per heavy atom. The van der Waals surface area contributed by atoms with Gasteiger partial charge < -0.3 is 0 Å². The van der Waals surface area contributed by atoms with Gasteiger partial charge in [0.15, 0.2) is 0 Å². The van der Waals surface area contributed by atoms with Crippen molar-refractivity contribution in [1.82, 2.24) is 20.2 Å². The maximum Gasteiger partial charge on any atom is 0.282 e. The molecule has 0 fully saturated rings. The fourth-order valence-electron chi connectivity index (χ4n) is 2.64. The van der Waals surface area contributed by atoms with E-state index in [2.05, 4.69) is 19.9 Å². The van der Waals surface area contributed by atoms with Gasteiger partial charge in [-0.25, -0.2) is 4.68 Å². The van der Waals surface area contributed by atoms with E-state index >= 15 is 0 Å². The van der Waals surface area contributed by atoms with Crippen molar-refractivity contribution in [3.63, 3.8) is 0 Å². The summed E-state index contributed by atoms with van der Waals surface area (Å²) in [5.41, 5.74) is 1.04. The van der Waals surface area contributed by atoms with Crippen LogP contribution in [0, 0.1) is 0 Å². The number of nitrogens with zero attached hydrogens (tertiary/aromatic N) is 5. The van der Waals surface area contributed by atoms with Crippen molar-refractivity contribution in [3.8, 4) is 0 Å². The zero-order valence-electron chi connectivity index (χ0n) is 14.6. The average molecular weight is 411 g/mol. The summed E-state index contributed by atoms with van der Waals surface area (Å²) in [5, 5.41) is 11.6. The van der Waals surface area contributed by atoms with Gasteiger partial charge in [0.25, 0.3) is 10.0 Å². The van der Waals surface area contributed by atoms with Crippen LogP contribution in [-0.4, -0.2) is 40.1 Å². The van der Waals surface area contributed by atoms with E-state index in [1.807, 2.05) is 0 Å². The van der Waals surface area contributed by atoms with Crippen LogP contribution < -0.4 is 0 Å². The van der Waals surface area contributed by atoms with E-state index in [1.165, 1.54) is 22.9 Å². The summed E-state index contributed by atoms with van der Waals surface area (Å²) in [6, 6.07) is 14.7. The summed E-state index contributed by atoms with van der Waals surface area (Å²) >= 11 is 1.06. The minimum absolute atomic E-state index is 0.0805. The van der Waals surface area contributed by atoms with Crippen molar-refractivity contribution < 1.29 is 13.2 Å². The van der Waals surface area contributed by atoms with Gasteiger partial charge in [-0.05, 0) is 40.4 Å². The second-order valence-electron chi connectivity index (χ2n) is 5.84. The summed E-state index contributed by atoms with van der Waals surface area (Å²) in [6.45, 7) is 0. The summed E-state index contributed by atoms with van der Waals surface area (Å²) in [4.78, 5) is 13.2. The van der Waals surface area contributed by atoms with Gasteiger partial charge in [0.1, 0.15) is 0 Å². The van der Waals surface area contributed by atoms with Crippen molar-refractivity contribution in [3.05, 3.63) is 76.7 Å². The molecule has 140 valence electrons. The number of hydrogen-bond acceptors (Lipinski definition) is 7. The van der Waals surface area contributed by atoms with Gasteiger partial charge in [-0.2, -0.15) is 12.8 Å². The third kappa shape index (κ3) is 3.39. The molecule has 28 heavy (non-hydrogen) atoms. The molecule has 4 rings (SSSR count). The average Bonchev–Trinajstić information content (AvgIpc) is 3.10. The summed E-state index contributed by atoms with van der Waals surface area (Å²) < 4.78 is 30.9. The van der Waals surface area contributed by atoms with Gasteiger partial charge in [-0.1, -0.05) is 42.5 Å². The van der Waals surface area contributed by atoms with Gasteiger partial charge in [-0.15, -0.1) is 5.10 Å². The smallest absolute Gasteiger partial charge is 0.282 e. The minimum Gasteiger partial charge on any atom is -0.288 e. The number of fused-ring (bicyclic) bond motifs is 1. The molecule has 10 heteroatoms. The van der Waals surface area contributed by atoms with Crippen LogP contribution in [0.25, 0.3) is 0 Å². The molecule has 0 spiro atoms. The second kappa shape index (κ2) is 7.13. The normalized spacial score (nSPS) is 15.4. The van der Waals surface area contributed by atoms with Crippen molar-refractivity contribution in [2.45, 2.75) is 10.1 Å². The number of ketones is 1. The number of carbonyl (C=O) groups is 1. The largest absolute Gasteiger partial charge is 0.288 e. The number of tetrazole rings is 1. The van der Waals surface area contributed by atoms with Crippen LogP contribution in [0.3, 0.4) is 0 Å². The first-order valence-electron chi connectivity index (χ1n) is 8.12. The molecule has 1 aromatic heterocycles. The lowest BCUT2D eigenvalue weighted by Crippen LogP contribution is -2.17. The van der Waals surface area contributed by atoms with E-state index in [9.17, 15) is 13.2 Å². The van der Waals surface area contributed by atoms with Gasteiger partial charge >= 0.3 is 0 Å². The molecule has 0 saturated carbocycles. The number of sulfonamides is 1. The van der Waals surface area contributed by atoms with E-state index in [0.717, 1.165) is 11.8 Å².